The molecule has 1 aromatic carbocycles. The predicted octanol–water partition coefficient (Wildman–Crippen LogP) is 2.32. The number of hydrogen-bond donors (Lipinski definition) is 0. The van der Waals surface area contributed by atoms with Crippen LogP contribution in [0.5, 0.6) is 0 Å². The van der Waals surface area contributed by atoms with Crippen molar-refractivity contribution >= 4 is 17.2 Å². The topological polar surface area (TPSA) is 66.9 Å². The number of hydrogen-bond acceptors (Lipinski definition) is 4. The van der Waals surface area contributed by atoms with Gasteiger partial charge in [-0.05, 0) is 12.1 Å². The van der Waals surface area contributed by atoms with Crippen LogP contribution in [0.3, 0.4) is 0 Å². The molecule has 3 aromatic rings. The highest BCUT2D eigenvalue weighted by Crippen LogP contribution is 2.21. The zero-order valence-corrected chi connectivity index (χ0v) is 9.83. The van der Waals surface area contributed by atoms with E-state index >= 15 is 0 Å². The number of halogens is 1. The Kier molecular flexibility index (Phi) is 2.43. The Labute approximate surface area is 107 Å². The molecule has 0 spiro atoms. The lowest BCUT2D eigenvalue weighted by Crippen LogP contribution is -1.91. The first kappa shape index (κ1) is 10.7. The molecule has 0 atom stereocenters. The first-order valence-corrected chi connectivity index (χ1v) is 5.53. The fraction of sp³-hybridized carbons (Fsp3) is 0. The SMILES string of the molecule is N#Cc1cccc(-c2nnc3c(Cl)nccn23)c1. The molecule has 2 aromatic heterocycles. The van der Waals surface area contributed by atoms with Crippen LogP contribution in [0.2, 0.25) is 5.15 Å². The Hall–Kier alpha value is -2.45. The number of rotatable bonds is 1. The van der Waals surface area contributed by atoms with Gasteiger partial charge in [-0.25, -0.2) is 4.98 Å². The second-order valence-electron chi connectivity index (χ2n) is 3.63. The van der Waals surface area contributed by atoms with E-state index in [1.165, 1.54) is 0 Å². The Balaban J connectivity index is 2.26. The summed E-state index contributed by atoms with van der Waals surface area (Å²) in [4.78, 5) is 3.94. The van der Waals surface area contributed by atoms with Gasteiger partial charge in [0.15, 0.2) is 16.6 Å². The van der Waals surface area contributed by atoms with Crippen molar-refractivity contribution in [3.8, 4) is 17.5 Å². The predicted molar refractivity (Wildman–Crippen MR) is 65.9 cm³/mol. The maximum atomic E-state index is 8.89. The van der Waals surface area contributed by atoms with Crippen LogP contribution in [0.1, 0.15) is 5.56 Å². The fourth-order valence-corrected chi connectivity index (χ4v) is 1.91. The van der Waals surface area contributed by atoms with Gasteiger partial charge in [0.05, 0.1) is 11.6 Å². The Bertz CT molecular complexity index is 771. The van der Waals surface area contributed by atoms with Crippen LogP contribution in [0.15, 0.2) is 36.7 Å². The zero-order chi connectivity index (χ0) is 12.5. The van der Waals surface area contributed by atoms with Gasteiger partial charge in [0.2, 0.25) is 0 Å². The Morgan fingerprint density at radius 3 is 3.00 bits per heavy atom. The van der Waals surface area contributed by atoms with E-state index in [-0.39, 0.29) is 0 Å². The first-order chi connectivity index (χ1) is 8.79. The number of fused-ring (bicyclic) bond motifs is 1. The molecule has 0 aliphatic carbocycles. The molecule has 0 saturated heterocycles. The molecule has 2 heterocycles. The average Bonchev–Trinajstić information content (AvgIpc) is 2.84. The lowest BCUT2D eigenvalue weighted by Gasteiger charge is -2.00. The van der Waals surface area contributed by atoms with Crippen LogP contribution in [-0.4, -0.2) is 19.6 Å². The molecule has 0 amide bonds. The molecule has 0 radical (unpaired) electrons. The van der Waals surface area contributed by atoms with Gasteiger partial charge < -0.3 is 0 Å². The van der Waals surface area contributed by atoms with Crippen LogP contribution < -0.4 is 0 Å². The molecule has 18 heavy (non-hydrogen) atoms. The molecule has 0 unspecified atom stereocenters. The van der Waals surface area contributed by atoms with Gasteiger partial charge in [-0.3, -0.25) is 4.40 Å². The second kappa shape index (κ2) is 4.09. The first-order valence-electron chi connectivity index (χ1n) is 5.15. The summed E-state index contributed by atoms with van der Waals surface area (Å²) in [5.41, 5.74) is 1.88. The minimum absolute atomic E-state index is 0.299. The van der Waals surface area contributed by atoms with Crippen molar-refractivity contribution in [2.24, 2.45) is 0 Å². The molecule has 86 valence electrons. The summed E-state index contributed by atoms with van der Waals surface area (Å²) in [7, 11) is 0. The molecular formula is C12H6ClN5. The third kappa shape index (κ3) is 1.60. The van der Waals surface area contributed by atoms with Crippen molar-refractivity contribution in [2.75, 3.05) is 0 Å². The molecule has 0 fully saturated rings. The smallest absolute Gasteiger partial charge is 0.198 e. The molecule has 3 rings (SSSR count). The molecular weight excluding hydrogens is 250 g/mol. The maximum absolute atomic E-state index is 8.89. The van der Waals surface area contributed by atoms with Crippen molar-refractivity contribution in [1.82, 2.24) is 19.6 Å². The number of nitriles is 1. The van der Waals surface area contributed by atoms with Crippen molar-refractivity contribution < 1.29 is 0 Å². The van der Waals surface area contributed by atoms with Gasteiger partial charge in [-0.2, -0.15) is 5.26 Å². The fourth-order valence-electron chi connectivity index (χ4n) is 1.72. The number of nitrogens with zero attached hydrogens (tertiary/aromatic N) is 5. The molecule has 0 N–H and O–H groups in total. The molecule has 0 aliphatic heterocycles. The van der Waals surface area contributed by atoms with E-state index in [9.17, 15) is 0 Å². The summed E-state index contributed by atoms with van der Waals surface area (Å²) < 4.78 is 1.74. The third-order valence-corrected chi connectivity index (χ3v) is 2.80. The van der Waals surface area contributed by atoms with Crippen molar-refractivity contribution in [3.05, 3.63) is 47.4 Å². The van der Waals surface area contributed by atoms with Crippen LogP contribution in [0, 0.1) is 11.3 Å². The molecule has 5 nitrogen and oxygen atoms in total. The van der Waals surface area contributed by atoms with E-state index < -0.39 is 0 Å². The van der Waals surface area contributed by atoms with E-state index in [1.807, 2.05) is 6.07 Å². The van der Waals surface area contributed by atoms with E-state index in [0.717, 1.165) is 5.56 Å². The van der Waals surface area contributed by atoms with Gasteiger partial charge in [0.1, 0.15) is 0 Å². The third-order valence-electron chi connectivity index (χ3n) is 2.53. The number of aromatic nitrogens is 4. The van der Waals surface area contributed by atoms with Crippen molar-refractivity contribution in [3.63, 3.8) is 0 Å². The minimum Gasteiger partial charge on any atom is -0.278 e. The van der Waals surface area contributed by atoms with Crippen LogP contribution in [0.4, 0.5) is 0 Å². The molecule has 0 bridgehead atoms. The monoisotopic (exact) mass is 255 g/mol. The quantitative estimate of drug-likeness (QED) is 0.669. The van der Waals surface area contributed by atoms with E-state index in [2.05, 4.69) is 21.3 Å². The lowest BCUT2D eigenvalue weighted by atomic mass is 10.1. The van der Waals surface area contributed by atoms with Crippen LogP contribution in [-0.2, 0) is 0 Å². The molecule has 0 aliphatic rings. The second-order valence-corrected chi connectivity index (χ2v) is 3.99. The largest absolute Gasteiger partial charge is 0.278 e. The van der Waals surface area contributed by atoms with Gasteiger partial charge in [0.25, 0.3) is 0 Å². The minimum atomic E-state index is 0.299. The van der Waals surface area contributed by atoms with E-state index in [4.69, 9.17) is 16.9 Å². The highest BCUT2D eigenvalue weighted by atomic mass is 35.5. The molecule has 6 heteroatoms. The van der Waals surface area contributed by atoms with Gasteiger partial charge in [-0.15, -0.1) is 10.2 Å². The normalized spacial score (nSPS) is 10.4. The summed E-state index contributed by atoms with van der Waals surface area (Å²) in [5.74, 6) is 0.631. The van der Waals surface area contributed by atoms with E-state index in [1.54, 1.807) is 35.0 Å². The van der Waals surface area contributed by atoms with E-state index in [0.29, 0.717) is 22.2 Å². The highest BCUT2D eigenvalue weighted by Gasteiger charge is 2.10. The highest BCUT2D eigenvalue weighted by molar-refractivity contribution is 6.32. The van der Waals surface area contributed by atoms with Gasteiger partial charge in [-0.1, -0.05) is 23.7 Å². The zero-order valence-electron chi connectivity index (χ0n) is 9.08. The summed E-state index contributed by atoms with van der Waals surface area (Å²) in [6.07, 6.45) is 3.31. The van der Waals surface area contributed by atoms with Crippen LogP contribution in [0.25, 0.3) is 17.0 Å². The average molecular weight is 256 g/mol. The maximum Gasteiger partial charge on any atom is 0.198 e. The van der Waals surface area contributed by atoms with Crippen LogP contribution >= 0.6 is 11.6 Å². The Morgan fingerprint density at radius 1 is 1.28 bits per heavy atom. The summed E-state index contributed by atoms with van der Waals surface area (Å²) in [6, 6.07) is 9.26. The summed E-state index contributed by atoms with van der Waals surface area (Å²) in [6.45, 7) is 0. The molecule has 0 saturated carbocycles. The van der Waals surface area contributed by atoms with Crippen molar-refractivity contribution in [1.29, 1.82) is 5.26 Å². The lowest BCUT2D eigenvalue weighted by molar-refractivity contribution is 1.11. The summed E-state index contributed by atoms with van der Waals surface area (Å²) in [5, 5.41) is 17.3. The Morgan fingerprint density at radius 2 is 2.17 bits per heavy atom. The number of benzene rings is 1. The standard InChI is InChI=1S/C12H6ClN5/c13-10-12-17-16-11(18(12)5-4-15-10)9-3-1-2-8(6-9)7-14/h1-6H. The summed E-state index contributed by atoms with van der Waals surface area (Å²) >= 11 is 5.93. The van der Waals surface area contributed by atoms with Gasteiger partial charge >= 0.3 is 0 Å². The van der Waals surface area contributed by atoms with Gasteiger partial charge in [0, 0.05) is 18.0 Å². The van der Waals surface area contributed by atoms with Crippen molar-refractivity contribution in [2.45, 2.75) is 0 Å².